The molecule has 2 heterocycles. The summed E-state index contributed by atoms with van der Waals surface area (Å²) >= 11 is 0. The largest absolute Gasteiger partial charge is 0.419 e. The molecule has 2 aliphatic rings. The van der Waals surface area contributed by atoms with E-state index < -0.39 is 0 Å². The highest BCUT2D eigenvalue weighted by molar-refractivity contribution is 5.83. The number of hydrogen-bond acceptors (Lipinski definition) is 4. The van der Waals surface area contributed by atoms with Gasteiger partial charge in [-0.2, -0.15) is 0 Å². The van der Waals surface area contributed by atoms with Crippen LogP contribution in [0.1, 0.15) is 25.3 Å². The smallest absolute Gasteiger partial charge is 0.408 e. The number of amides is 1. The van der Waals surface area contributed by atoms with Crippen molar-refractivity contribution in [1.29, 1.82) is 0 Å². The highest BCUT2D eigenvalue weighted by atomic mass is 16.4. The van der Waals surface area contributed by atoms with Crippen LogP contribution in [0.4, 0.5) is 0 Å². The molecule has 2 N–H and O–H groups in total. The first-order valence-electron chi connectivity index (χ1n) is 10.2. The van der Waals surface area contributed by atoms with Gasteiger partial charge in [0.05, 0.1) is 11.6 Å². The average molecular weight is 391 g/mol. The van der Waals surface area contributed by atoms with Gasteiger partial charge in [0, 0.05) is 19.1 Å². The summed E-state index contributed by atoms with van der Waals surface area (Å²) in [6.45, 7) is 2.05. The molecule has 2 fully saturated rings. The van der Waals surface area contributed by atoms with Crippen LogP contribution in [0.15, 0.2) is 51.7 Å². The minimum Gasteiger partial charge on any atom is -0.408 e. The van der Waals surface area contributed by atoms with Gasteiger partial charge in [0.1, 0.15) is 0 Å². The normalized spacial score (nSPS) is 23.7. The first kappa shape index (κ1) is 18.2. The Kier molecular flexibility index (Phi) is 4.32. The maximum absolute atomic E-state index is 12.4. The van der Waals surface area contributed by atoms with Crippen molar-refractivity contribution < 1.29 is 9.21 Å². The molecule has 29 heavy (non-hydrogen) atoms. The number of fused-ring (bicyclic) bond motifs is 2. The molecule has 150 valence electrons. The molecule has 6 nitrogen and oxygen atoms in total. The number of aryl methyl sites for hydroxylation is 1. The predicted molar refractivity (Wildman–Crippen MR) is 112 cm³/mol. The van der Waals surface area contributed by atoms with Gasteiger partial charge in [0.2, 0.25) is 5.91 Å². The molecule has 6 heteroatoms. The third kappa shape index (κ3) is 3.49. The summed E-state index contributed by atoms with van der Waals surface area (Å²) in [5.74, 6) is 0.492. The van der Waals surface area contributed by atoms with Gasteiger partial charge in [-0.25, -0.2) is 4.79 Å². The Morgan fingerprint density at radius 2 is 1.97 bits per heavy atom. The highest BCUT2D eigenvalue weighted by Gasteiger charge is 2.47. The molecule has 0 radical (unpaired) electrons. The zero-order chi connectivity index (χ0) is 20.1. The number of hydrogen-bond donors (Lipinski definition) is 2. The minimum atomic E-state index is -0.353. The van der Waals surface area contributed by atoms with E-state index >= 15 is 0 Å². The Morgan fingerprint density at radius 3 is 2.69 bits per heavy atom. The van der Waals surface area contributed by atoms with Crippen molar-refractivity contribution in [3.63, 3.8) is 0 Å². The number of aromatic nitrogens is 1. The zero-order valence-corrected chi connectivity index (χ0v) is 16.6. The van der Waals surface area contributed by atoms with Gasteiger partial charge in [-0.15, -0.1) is 0 Å². The van der Waals surface area contributed by atoms with Crippen molar-refractivity contribution in [1.82, 2.24) is 15.2 Å². The predicted octanol–water partition coefficient (Wildman–Crippen LogP) is 2.60. The Morgan fingerprint density at radius 1 is 1.21 bits per heavy atom. The van der Waals surface area contributed by atoms with E-state index in [-0.39, 0.29) is 23.7 Å². The molecule has 1 saturated carbocycles. The zero-order valence-electron chi connectivity index (χ0n) is 16.6. The molecule has 1 amide bonds. The van der Waals surface area contributed by atoms with Crippen LogP contribution < -0.4 is 16.4 Å². The second-order valence-corrected chi connectivity index (χ2v) is 8.48. The number of nitrogens with one attached hydrogen (secondary N) is 2. The van der Waals surface area contributed by atoms with E-state index in [2.05, 4.69) is 41.8 Å². The van der Waals surface area contributed by atoms with Crippen molar-refractivity contribution in [2.45, 2.75) is 44.3 Å². The molecule has 2 aromatic carbocycles. The third-order valence-electron chi connectivity index (χ3n) is 6.20. The number of carbonyl (C=O) groups excluding carboxylic acids is 1. The lowest BCUT2D eigenvalue weighted by Gasteiger charge is -2.18. The standard InChI is InChI=1S/C23H25N3O3/c1-13(24-22(27)19-11-17-10-18(17)25-19)9-14-3-5-15(6-4-14)16-7-8-21-20(12-16)26(2)23(28)29-21/h3-8,12-13,17-19,25H,9-11H2,1-2H3,(H,24,27)/t13-,17-,18-,19+/m1/s1. The van der Waals surface area contributed by atoms with Crippen LogP contribution in [0, 0.1) is 5.92 Å². The van der Waals surface area contributed by atoms with Crippen LogP contribution in [-0.2, 0) is 18.3 Å². The maximum Gasteiger partial charge on any atom is 0.419 e. The number of nitrogens with zero attached hydrogens (tertiary/aromatic N) is 1. The fourth-order valence-electron chi connectivity index (χ4n) is 4.41. The van der Waals surface area contributed by atoms with Gasteiger partial charge in [0.25, 0.3) is 0 Å². The molecular weight excluding hydrogens is 366 g/mol. The van der Waals surface area contributed by atoms with Crippen molar-refractivity contribution in [3.05, 3.63) is 58.6 Å². The molecule has 1 aliphatic heterocycles. The van der Waals surface area contributed by atoms with Gasteiger partial charge < -0.3 is 15.1 Å². The van der Waals surface area contributed by atoms with Crippen LogP contribution in [0.3, 0.4) is 0 Å². The van der Waals surface area contributed by atoms with E-state index in [4.69, 9.17) is 4.42 Å². The summed E-state index contributed by atoms with van der Waals surface area (Å²) in [6.07, 6.45) is 3.00. The van der Waals surface area contributed by atoms with Crippen molar-refractivity contribution in [2.75, 3.05) is 0 Å². The monoisotopic (exact) mass is 391 g/mol. The fraction of sp³-hybridized carbons (Fsp3) is 0.391. The Bertz CT molecular complexity index is 1120. The van der Waals surface area contributed by atoms with E-state index in [9.17, 15) is 9.59 Å². The number of carbonyl (C=O) groups is 1. The molecule has 0 spiro atoms. The second kappa shape index (κ2) is 6.88. The van der Waals surface area contributed by atoms with E-state index in [0.29, 0.717) is 11.6 Å². The Labute approximate surface area is 168 Å². The maximum atomic E-state index is 12.4. The van der Waals surface area contributed by atoms with Gasteiger partial charge in [0.15, 0.2) is 5.58 Å². The van der Waals surface area contributed by atoms with Crippen molar-refractivity contribution in [2.24, 2.45) is 13.0 Å². The summed E-state index contributed by atoms with van der Waals surface area (Å²) in [6, 6.07) is 14.8. The number of rotatable bonds is 5. The lowest BCUT2D eigenvalue weighted by molar-refractivity contribution is -0.123. The second-order valence-electron chi connectivity index (χ2n) is 8.48. The molecule has 1 aromatic heterocycles. The Hall–Kier alpha value is -2.86. The van der Waals surface area contributed by atoms with Gasteiger partial charge in [-0.05, 0) is 60.9 Å². The molecule has 1 aliphatic carbocycles. The summed E-state index contributed by atoms with van der Waals surface area (Å²) < 4.78 is 6.71. The molecule has 1 saturated heterocycles. The van der Waals surface area contributed by atoms with Crippen LogP contribution in [0.25, 0.3) is 22.2 Å². The van der Waals surface area contributed by atoms with Crippen LogP contribution in [-0.4, -0.2) is 28.6 Å². The van der Waals surface area contributed by atoms with Gasteiger partial charge >= 0.3 is 5.76 Å². The molecule has 0 bridgehead atoms. The highest BCUT2D eigenvalue weighted by Crippen LogP contribution is 2.40. The summed E-state index contributed by atoms with van der Waals surface area (Å²) in [5, 5.41) is 6.54. The first-order valence-corrected chi connectivity index (χ1v) is 10.2. The van der Waals surface area contributed by atoms with Crippen molar-refractivity contribution in [3.8, 4) is 11.1 Å². The molecular formula is C23H25N3O3. The van der Waals surface area contributed by atoms with Crippen molar-refractivity contribution >= 4 is 17.0 Å². The topological polar surface area (TPSA) is 76.3 Å². The lowest BCUT2D eigenvalue weighted by atomic mass is 10.0. The number of piperidine rings is 1. The van der Waals surface area contributed by atoms with Gasteiger partial charge in [-0.3, -0.25) is 9.36 Å². The van der Waals surface area contributed by atoms with Gasteiger partial charge in [-0.1, -0.05) is 30.3 Å². The van der Waals surface area contributed by atoms with E-state index in [1.165, 1.54) is 16.6 Å². The molecule has 5 rings (SSSR count). The minimum absolute atomic E-state index is 0.0163. The summed E-state index contributed by atoms with van der Waals surface area (Å²) in [5.41, 5.74) is 4.67. The average Bonchev–Trinajstić information content (AvgIpc) is 3.21. The van der Waals surface area contributed by atoms with E-state index in [1.807, 2.05) is 18.2 Å². The number of oxazole rings is 1. The van der Waals surface area contributed by atoms with E-state index in [0.717, 1.165) is 35.4 Å². The quantitative estimate of drug-likeness (QED) is 0.701. The SMILES string of the molecule is C[C@H](Cc1ccc(-c2ccc3oc(=O)n(C)c3c2)cc1)NC(=O)[C@@H]1C[C@H]2C[C@H]2N1. The van der Waals surface area contributed by atoms with E-state index in [1.54, 1.807) is 7.05 Å². The first-order chi connectivity index (χ1) is 14.0. The molecule has 3 aromatic rings. The number of benzene rings is 2. The lowest BCUT2D eigenvalue weighted by Crippen LogP contribution is -2.46. The van der Waals surface area contributed by atoms with Crippen LogP contribution >= 0.6 is 0 Å². The summed E-state index contributed by atoms with van der Waals surface area (Å²) in [4.78, 5) is 24.1. The fourth-order valence-corrected chi connectivity index (χ4v) is 4.41. The van der Waals surface area contributed by atoms with Crippen LogP contribution in [0.2, 0.25) is 0 Å². The third-order valence-corrected chi connectivity index (χ3v) is 6.20. The van der Waals surface area contributed by atoms with Crippen LogP contribution in [0.5, 0.6) is 0 Å². The molecule has 4 atom stereocenters. The molecule has 0 unspecified atom stereocenters. The Balaban J connectivity index is 1.24. The summed E-state index contributed by atoms with van der Waals surface area (Å²) in [7, 11) is 1.71.